The van der Waals surface area contributed by atoms with E-state index in [0.717, 1.165) is 11.3 Å². The third-order valence-electron chi connectivity index (χ3n) is 2.19. The lowest BCUT2D eigenvalue weighted by Crippen LogP contribution is -2.37. The molecule has 16 heavy (non-hydrogen) atoms. The van der Waals surface area contributed by atoms with Crippen LogP contribution < -0.4 is 10.1 Å². The first-order valence-corrected chi connectivity index (χ1v) is 5.50. The van der Waals surface area contributed by atoms with Gasteiger partial charge in [0.25, 0.3) is 0 Å². The highest BCUT2D eigenvalue weighted by Gasteiger charge is 2.13. The molecule has 0 fully saturated rings. The van der Waals surface area contributed by atoms with Gasteiger partial charge in [-0.1, -0.05) is 12.1 Å². The van der Waals surface area contributed by atoms with E-state index in [2.05, 4.69) is 17.9 Å². The van der Waals surface area contributed by atoms with Crippen molar-refractivity contribution in [3.8, 4) is 5.75 Å². The molecule has 0 aliphatic heterocycles. The Kier molecular flexibility index (Phi) is 5.14. The van der Waals surface area contributed by atoms with Gasteiger partial charge in [0.1, 0.15) is 11.8 Å². The van der Waals surface area contributed by atoms with Crippen molar-refractivity contribution in [1.82, 2.24) is 5.32 Å². The molecule has 0 amide bonds. The number of nitrogens with one attached hydrogen (secondary N) is 1. The number of methoxy groups -OCH3 is 1. The first-order valence-electron chi connectivity index (χ1n) is 4.87. The molecule has 0 bridgehead atoms. The highest BCUT2D eigenvalue weighted by Crippen LogP contribution is 2.11. The monoisotopic (exact) mass is 241 g/mol. The molecule has 88 valence electrons. The maximum atomic E-state index is 10.7. The predicted octanol–water partition coefficient (Wildman–Crippen LogP) is 1.17. The minimum absolute atomic E-state index is 0.269. The maximum absolute atomic E-state index is 10.7. The van der Waals surface area contributed by atoms with Crippen molar-refractivity contribution in [2.75, 3.05) is 12.9 Å². The lowest BCUT2D eigenvalue weighted by atomic mass is 10.2. The molecular weight excluding hydrogens is 226 g/mol. The average molecular weight is 241 g/mol. The number of hydrogen-bond acceptors (Lipinski definition) is 4. The average Bonchev–Trinajstić information content (AvgIpc) is 2.30. The Morgan fingerprint density at radius 1 is 1.50 bits per heavy atom. The van der Waals surface area contributed by atoms with Crippen molar-refractivity contribution in [1.29, 1.82) is 0 Å². The molecule has 1 rings (SSSR count). The number of rotatable bonds is 6. The summed E-state index contributed by atoms with van der Waals surface area (Å²) in [5.74, 6) is 0.169. The van der Waals surface area contributed by atoms with Gasteiger partial charge in [0.15, 0.2) is 0 Å². The zero-order chi connectivity index (χ0) is 12.0. The number of thiol groups is 1. The Morgan fingerprint density at radius 2 is 2.12 bits per heavy atom. The summed E-state index contributed by atoms with van der Waals surface area (Å²) in [6, 6.07) is 6.85. The van der Waals surface area contributed by atoms with E-state index >= 15 is 0 Å². The van der Waals surface area contributed by atoms with Gasteiger partial charge in [0.05, 0.1) is 7.11 Å². The highest BCUT2D eigenvalue weighted by molar-refractivity contribution is 7.80. The fourth-order valence-electron chi connectivity index (χ4n) is 1.21. The molecule has 0 aromatic heterocycles. The Balaban J connectivity index is 2.50. The summed E-state index contributed by atoms with van der Waals surface area (Å²) >= 11 is 3.97. The minimum atomic E-state index is -0.886. The lowest BCUT2D eigenvalue weighted by molar-refractivity contribution is -0.138. The number of hydrogen-bond donors (Lipinski definition) is 3. The first kappa shape index (κ1) is 12.9. The van der Waals surface area contributed by atoms with Gasteiger partial charge in [0.2, 0.25) is 0 Å². The van der Waals surface area contributed by atoms with E-state index in [1.54, 1.807) is 7.11 Å². The van der Waals surface area contributed by atoms with E-state index in [1.807, 2.05) is 24.3 Å². The fraction of sp³-hybridized carbons (Fsp3) is 0.364. The molecule has 5 heteroatoms. The van der Waals surface area contributed by atoms with Crippen LogP contribution in [0.15, 0.2) is 24.3 Å². The van der Waals surface area contributed by atoms with Crippen LogP contribution in [0.1, 0.15) is 5.56 Å². The third kappa shape index (κ3) is 3.75. The summed E-state index contributed by atoms with van der Waals surface area (Å²) in [5.41, 5.74) is 1.01. The molecule has 1 atom stereocenters. The molecule has 0 radical (unpaired) electrons. The molecule has 0 saturated heterocycles. The molecule has 0 spiro atoms. The zero-order valence-corrected chi connectivity index (χ0v) is 9.91. The van der Waals surface area contributed by atoms with Crippen LogP contribution in [0.2, 0.25) is 0 Å². The quantitative estimate of drug-likeness (QED) is 0.654. The second-order valence-electron chi connectivity index (χ2n) is 3.30. The van der Waals surface area contributed by atoms with Gasteiger partial charge in [-0.05, 0) is 17.7 Å². The van der Waals surface area contributed by atoms with Gasteiger partial charge in [-0.3, -0.25) is 10.1 Å². The van der Waals surface area contributed by atoms with Gasteiger partial charge in [-0.25, -0.2) is 0 Å². The zero-order valence-electron chi connectivity index (χ0n) is 9.01. The van der Waals surface area contributed by atoms with Crippen LogP contribution in [0.4, 0.5) is 0 Å². The van der Waals surface area contributed by atoms with Gasteiger partial charge < -0.3 is 9.84 Å². The summed E-state index contributed by atoms with van der Waals surface area (Å²) in [4.78, 5) is 10.7. The van der Waals surface area contributed by atoms with Crippen molar-refractivity contribution in [2.45, 2.75) is 12.6 Å². The summed E-state index contributed by atoms with van der Waals surface area (Å²) in [6.07, 6.45) is 0. The maximum Gasteiger partial charge on any atom is 0.321 e. The number of carbonyl (C=O) groups is 1. The van der Waals surface area contributed by atoms with Crippen LogP contribution in [0.5, 0.6) is 5.75 Å². The summed E-state index contributed by atoms with van der Waals surface area (Å²) < 4.78 is 5.03. The third-order valence-corrected chi connectivity index (χ3v) is 2.56. The van der Waals surface area contributed by atoms with Crippen molar-refractivity contribution in [3.63, 3.8) is 0 Å². The van der Waals surface area contributed by atoms with Crippen LogP contribution in [-0.4, -0.2) is 30.0 Å². The number of carboxylic acids is 1. The van der Waals surface area contributed by atoms with Crippen molar-refractivity contribution in [2.24, 2.45) is 0 Å². The predicted molar refractivity (Wildman–Crippen MR) is 65.1 cm³/mol. The minimum Gasteiger partial charge on any atom is -0.497 e. The Labute approximate surface area is 100 Å². The summed E-state index contributed by atoms with van der Waals surface area (Å²) in [6.45, 7) is 0.502. The van der Waals surface area contributed by atoms with E-state index in [4.69, 9.17) is 9.84 Å². The fourth-order valence-corrected chi connectivity index (χ4v) is 1.50. The molecule has 2 N–H and O–H groups in total. The molecule has 1 aromatic rings. The Bertz CT molecular complexity index is 340. The number of benzene rings is 1. The Hall–Kier alpha value is -1.20. The van der Waals surface area contributed by atoms with Gasteiger partial charge in [-0.15, -0.1) is 0 Å². The van der Waals surface area contributed by atoms with Gasteiger partial charge in [0, 0.05) is 12.3 Å². The smallest absolute Gasteiger partial charge is 0.321 e. The van der Waals surface area contributed by atoms with E-state index in [-0.39, 0.29) is 5.75 Å². The number of carboxylic acid groups (broad SMARTS) is 1. The van der Waals surface area contributed by atoms with Gasteiger partial charge in [-0.2, -0.15) is 12.6 Å². The standard InChI is InChI=1S/C11H15NO3S/c1-15-9-4-2-8(3-5-9)6-12-10(7-16)11(13)14/h2-5,10,12,16H,6-7H2,1H3,(H,13,14). The molecule has 1 unspecified atom stereocenters. The molecule has 0 aliphatic carbocycles. The second kappa shape index (κ2) is 6.40. The molecular formula is C11H15NO3S. The van der Waals surface area contributed by atoms with Crippen molar-refractivity contribution < 1.29 is 14.6 Å². The second-order valence-corrected chi connectivity index (χ2v) is 3.67. The summed E-state index contributed by atoms with van der Waals surface area (Å²) in [7, 11) is 1.61. The molecule has 0 heterocycles. The normalized spacial score (nSPS) is 12.1. The van der Waals surface area contributed by atoms with Crippen LogP contribution in [0, 0.1) is 0 Å². The SMILES string of the molecule is COc1ccc(CNC(CS)C(=O)O)cc1. The van der Waals surface area contributed by atoms with E-state index in [9.17, 15) is 4.79 Å². The van der Waals surface area contributed by atoms with Crippen molar-refractivity contribution in [3.05, 3.63) is 29.8 Å². The van der Waals surface area contributed by atoms with E-state index in [0.29, 0.717) is 6.54 Å². The Morgan fingerprint density at radius 3 is 2.56 bits per heavy atom. The molecule has 1 aromatic carbocycles. The topological polar surface area (TPSA) is 58.6 Å². The highest BCUT2D eigenvalue weighted by atomic mass is 32.1. The van der Waals surface area contributed by atoms with Crippen LogP contribution in [0.3, 0.4) is 0 Å². The largest absolute Gasteiger partial charge is 0.497 e. The van der Waals surface area contributed by atoms with E-state index < -0.39 is 12.0 Å². The molecule has 0 saturated carbocycles. The molecule has 0 aliphatic rings. The summed E-state index contributed by atoms with van der Waals surface area (Å²) in [5, 5.41) is 11.7. The molecule has 4 nitrogen and oxygen atoms in total. The first-order chi connectivity index (χ1) is 7.67. The lowest BCUT2D eigenvalue weighted by Gasteiger charge is -2.11. The van der Waals surface area contributed by atoms with Crippen LogP contribution in [0.25, 0.3) is 0 Å². The van der Waals surface area contributed by atoms with E-state index in [1.165, 1.54) is 0 Å². The van der Waals surface area contributed by atoms with Crippen molar-refractivity contribution >= 4 is 18.6 Å². The van der Waals surface area contributed by atoms with Crippen LogP contribution >= 0.6 is 12.6 Å². The van der Waals surface area contributed by atoms with Gasteiger partial charge >= 0.3 is 5.97 Å². The van der Waals surface area contributed by atoms with Crippen LogP contribution in [-0.2, 0) is 11.3 Å². The number of aliphatic carboxylic acids is 1. The number of ether oxygens (including phenoxy) is 1.